The first-order valence-corrected chi connectivity index (χ1v) is 13.5. The molecule has 5 rings (SSSR count). The molecule has 4 heterocycles. The van der Waals surface area contributed by atoms with Crippen molar-refractivity contribution in [3.63, 3.8) is 0 Å². The van der Waals surface area contributed by atoms with Crippen LogP contribution in [0, 0.1) is 5.82 Å². The van der Waals surface area contributed by atoms with E-state index in [4.69, 9.17) is 9.47 Å². The highest BCUT2D eigenvalue weighted by Crippen LogP contribution is 2.38. The SMILES string of the molecule is COc1cccc(OC)c1-n1c(NS(=O)(=O)[C@@H](C)[C@H](C)c2ncc(F)cn2)nnc1-c1cc2n(n1)CCC2. The minimum absolute atomic E-state index is 0.0740. The highest BCUT2D eigenvalue weighted by Gasteiger charge is 2.33. The number of fused-ring (bicyclic) bond motifs is 1. The van der Waals surface area contributed by atoms with E-state index in [0.717, 1.165) is 37.5 Å². The summed E-state index contributed by atoms with van der Waals surface area (Å²) in [6.45, 7) is 3.97. The van der Waals surface area contributed by atoms with Gasteiger partial charge in [0.2, 0.25) is 16.0 Å². The maximum atomic E-state index is 13.5. The molecule has 0 aliphatic carbocycles. The van der Waals surface area contributed by atoms with Crippen molar-refractivity contribution in [3.05, 3.63) is 54.0 Å². The molecule has 200 valence electrons. The van der Waals surface area contributed by atoms with E-state index in [1.807, 2.05) is 10.7 Å². The van der Waals surface area contributed by atoms with Crippen molar-refractivity contribution < 1.29 is 22.3 Å². The average Bonchev–Trinajstić information content (AvgIpc) is 3.62. The van der Waals surface area contributed by atoms with Crippen LogP contribution < -0.4 is 14.2 Å². The molecular weight excluding hydrogens is 515 g/mol. The van der Waals surface area contributed by atoms with Crippen molar-refractivity contribution in [2.75, 3.05) is 18.9 Å². The number of nitrogens with zero attached hydrogens (tertiary/aromatic N) is 7. The summed E-state index contributed by atoms with van der Waals surface area (Å²) in [5.74, 6) is 0.0138. The Labute approximate surface area is 218 Å². The maximum absolute atomic E-state index is 13.5. The van der Waals surface area contributed by atoms with E-state index in [9.17, 15) is 12.8 Å². The molecule has 0 saturated carbocycles. The van der Waals surface area contributed by atoms with Crippen LogP contribution in [0.15, 0.2) is 36.7 Å². The molecule has 1 aromatic carbocycles. The van der Waals surface area contributed by atoms with Crippen LogP contribution in [-0.4, -0.2) is 62.4 Å². The van der Waals surface area contributed by atoms with Crippen molar-refractivity contribution in [3.8, 4) is 28.7 Å². The first kappa shape index (κ1) is 25.6. The van der Waals surface area contributed by atoms with Crippen molar-refractivity contribution in [2.24, 2.45) is 0 Å². The molecule has 1 N–H and O–H groups in total. The van der Waals surface area contributed by atoms with E-state index in [0.29, 0.717) is 28.7 Å². The Balaban J connectivity index is 1.60. The van der Waals surface area contributed by atoms with Crippen LogP contribution in [0.1, 0.15) is 37.7 Å². The van der Waals surface area contributed by atoms with Gasteiger partial charge in [0.05, 0.1) is 31.9 Å². The van der Waals surface area contributed by atoms with E-state index in [1.165, 1.54) is 25.7 Å². The third-order valence-corrected chi connectivity index (χ3v) is 8.51. The van der Waals surface area contributed by atoms with Gasteiger partial charge in [0.15, 0.2) is 11.6 Å². The Hall–Kier alpha value is -4.07. The summed E-state index contributed by atoms with van der Waals surface area (Å²) in [6.07, 6.45) is 3.91. The van der Waals surface area contributed by atoms with Crippen LogP contribution in [0.5, 0.6) is 11.5 Å². The molecule has 0 bridgehead atoms. The molecule has 38 heavy (non-hydrogen) atoms. The number of aromatic nitrogens is 7. The molecule has 0 radical (unpaired) electrons. The fourth-order valence-electron chi connectivity index (χ4n) is 4.41. The number of sulfonamides is 1. The van der Waals surface area contributed by atoms with E-state index >= 15 is 0 Å². The molecule has 4 aromatic rings. The lowest BCUT2D eigenvalue weighted by Gasteiger charge is -2.21. The highest BCUT2D eigenvalue weighted by atomic mass is 32.2. The normalized spacial score (nSPS) is 14.7. The topological polar surface area (TPSA) is 139 Å². The Morgan fingerprint density at radius 1 is 1.08 bits per heavy atom. The summed E-state index contributed by atoms with van der Waals surface area (Å²) in [5.41, 5.74) is 2.00. The molecule has 0 fully saturated rings. The average molecular weight is 543 g/mol. The smallest absolute Gasteiger partial charge is 0.243 e. The van der Waals surface area contributed by atoms with Gasteiger partial charge in [0.25, 0.3) is 0 Å². The minimum Gasteiger partial charge on any atom is -0.494 e. The second-order valence-electron chi connectivity index (χ2n) is 8.94. The van der Waals surface area contributed by atoms with E-state index in [2.05, 4.69) is 30.0 Å². The zero-order chi connectivity index (χ0) is 27.0. The van der Waals surface area contributed by atoms with Crippen LogP contribution in [0.3, 0.4) is 0 Å². The van der Waals surface area contributed by atoms with Crippen molar-refractivity contribution >= 4 is 16.0 Å². The number of methoxy groups -OCH3 is 2. The second-order valence-corrected chi connectivity index (χ2v) is 11.0. The van der Waals surface area contributed by atoms with Crippen LogP contribution in [-0.2, 0) is 23.0 Å². The summed E-state index contributed by atoms with van der Waals surface area (Å²) >= 11 is 0. The van der Waals surface area contributed by atoms with Crippen molar-refractivity contribution in [2.45, 2.75) is 44.4 Å². The van der Waals surface area contributed by atoms with Gasteiger partial charge in [-0.3, -0.25) is 14.0 Å². The van der Waals surface area contributed by atoms with Crippen LogP contribution in [0.2, 0.25) is 0 Å². The molecule has 1 aliphatic rings. The maximum Gasteiger partial charge on any atom is 0.243 e. The van der Waals surface area contributed by atoms with Crippen molar-refractivity contribution in [1.29, 1.82) is 0 Å². The van der Waals surface area contributed by atoms with Crippen LogP contribution >= 0.6 is 0 Å². The number of hydrogen-bond acceptors (Lipinski definition) is 9. The fourth-order valence-corrected chi connectivity index (χ4v) is 5.64. The summed E-state index contributed by atoms with van der Waals surface area (Å²) < 4.78 is 57.6. The third kappa shape index (κ3) is 4.55. The number of para-hydroxylation sites is 1. The van der Waals surface area contributed by atoms with Gasteiger partial charge < -0.3 is 9.47 Å². The number of aryl methyl sites for hydroxylation is 2. The van der Waals surface area contributed by atoms with Gasteiger partial charge in [-0.25, -0.2) is 22.8 Å². The number of rotatable bonds is 9. The predicted molar refractivity (Wildman–Crippen MR) is 136 cm³/mol. The summed E-state index contributed by atoms with van der Waals surface area (Å²) in [5, 5.41) is 12.2. The Morgan fingerprint density at radius 3 is 2.39 bits per heavy atom. The summed E-state index contributed by atoms with van der Waals surface area (Å²) in [4.78, 5) is 7.89. The molecule has 0 amide bonds. The van der Waals surface area contributed by atoms with Crippen molar-refractivity contribution in [1.82, 2.24) is 34.5 Å². The fraction of sp³-hybridized carbons (Fsp3) is 0.375. The summed E-state index contributed by atoms with van der Waals surface area (Å²) in [7, 11) is -1.05. The monoisotopic (exact) mass is 542 g/mol. The molecule has 0 saturated heterocycles. The number of benzene rings is 1. The van der Waals surface area contributed by atoms with Gasteiger partial charge >= 0.3 is 0 Å². The van der Waals surface area contributed by atoms with Gasteiger partial charge in [-0.1, -0.05) is 13.0 Å². The lowest BCUT2D eigenvalue weighted by molar-refractivity contribution is 0.391. The first-order chi connectivity index (χ1) is 18.2. The van der Waals surface area contributed by atoms with Gasteiger partial charge in [-0.15, -0.1) is 10.2 Å². The number of ether oxygens (including phenoxy) is 2. The Bertz CT molecular complexity index is 1520. The Morgan fingerprint density at radius 2 is 1.76 bits per heavy atom. The number of nitrogens with one attached hydrogen (secondary N) is 1. The lowest BCUT2D eigenvalue weighted by Crippen LogP contribution is -2.31. The molecule has 2 atom stereocenters. The van der Waals surface area contributed by atoms with Gasteiger partial charge in [0.1, 0.15) is 28.7 Å². The quantitative estimate of drug-likeness (QED) is 0.338. The van der Waals surface area contributed by atoms with Gasteiger partial charge in [-0.2, -0.15) is 5.10 Å². The van der Waals surface area contributed by atoms with Gasteiger partial charge in [-0.05, 0) is 38.0 Å². The second kappa shape index (κ2) is 10.0. The first-order valence-electron chi connectivity index (χ1n) is 12.0. The molecule has 12 nitrogen and oxygen atoms in total. The van der Waals surface area contributed by atoms with E-state index < -0.39 is 27.0 Å². The molecule has 1 aliphatic heterocycles. The van der Waals surface area contributed by atoms with Crippen LogP contribution in [0.4, 0.5) is 10.3 Å². The third-order valence-electron chi connectivity index (χ3n) is 6.66. The zero-order valence-corrected chi connectivity index (χ0v) is 22.1. The highest BCUT2D eigenvalue weighted by molar-refractivity contribution is 7.93. The largest absolute Gasteiger partial charge is 0.494 e. The number of anilines is 1. The number of hydrogen-bond donors (Lipinski definition) is 1. The predicted octanol–water partition coefficient (Wildman–Crippen LogP) is 2.96. The van der Waals surface area contributed by atoms with Gasteiger partial charge in [0, 0.05) is 18.2 Å². The summed E-state index contributed by atoms with van der Waals surface area (Å²) in [6, 6.07) is 7.13. The molecular formula is C24H27FN8O4S. The minimum atomic E-state index is -4.06. The van der Waals surface area contributed by atoms with Crippen LogP contribution in [0.25, 0.3) is 17.2 Å². The molecule has 0 spiro atoms. The lowest BCUT2D eigenvalue weighted by atomic mass is 10.1. The molecule has 14 heteroatoms. The Kier molecular flexibility index (Phi) is 6.73. The van der Waals surface area contributed by atoms with E-state index in [-0.39, 0.29) is 11.8 Å². The zero-order valence-electron chi connectivity index (χ0n) is 21.3. The van der Waals surface area contributed by atoms with E-state index in [1.54, 1.807) is 25.1 Å². The molecule has 0 unspecified atom stereocenters. The number of halogens is 1. The molecule has 3 aromatic heterocycles. The standard InChI is InChI=1S/C24H27FN8O4S/c1-14(22-26-12-16(25)13-27-22)15(2)38(34,35)31-24-29-28-23(18-11-17-7-6-10-32(17)30-18)33(24)21-19(36-3)8-5-9-20(21)37-4/h5,8-9,11-15H,6-7,10H2,1-4H3,(H,29,31)/t14-,15-/m0/s1.